The van der Waals surface area contributed by atoms with Crippen LogP contribution in [-0.2, 0) is 15.5 Å². The van der Waals surface area contributed by atoms with E-state index in [0.29, 0.717) is 17.2 Å². The number of ether oxygens (including phenoxy) is 1. The van der Waals surface area contributed by atoms with Gasteiger partial charge in [-0.25, -0.2) is 0 Å². The van der Waals surface area contributed by atoms with Gasteiger partial charge >= 0.3 is 0 Å². The van der Waals surface area contributed by atoms with Crippen LogP contribution in [-0.4, -0.2) is 46.9 Å². The summed E-state index contributed by atoms with van der Waals surface area (Å²) in [5.74, 6) is 2.04. The molecule has 1 saturated carbocycles. The van der Waals surface area contributed by atoms with Gasteiger partial charge in [0, 0.05) is 53.5 Å². The van der Waals surface area contributed by atoms with Gasteiger partial charge in [-0.15, -0.1) is 24.0 Å². The number of nitrogens with one attached hydrogen (secondary N) is 2. The summed E-state index contributed by atoms with van der Waals surface area (Å²) in [6, 6.07) is 9.08. The van der Waals surface area contributed by atoms with Gasteiger partial charge in [-0.2, -0.15) is 0 Å². The number of nitrogens with zero attached hydrogens (tertiary/aromatic N) is 1. The maximum atomic E-state index is 12.3. The highest BCUT2D eigenvalue weighted by Crippen LogP contribution is 2.34. The molecule has 0 aromatic heterocycles. The molecular weight excluding hydrogens is 521 g/mol. The third kappa shape index (κ3) is 8.00. The zero-order valence-electron chi connectivity index (χ0n) is 19.3. The molecule has 1 aromatic rings. The number of halogens is 1. The summed E-state index contributed by atoms with van der Waals surface area (Å²) in [7, 11) is -0.705. The molecule has 2 aliphatic rings. The summed E-state index contributed by atoms with van der Waals surface area (Å²) in [6.07, 6.45) is 6.69. The van der Waals surface area contributed by atoms with Crippen molar-refractivity contribution in [3.63, 3.8) is 0 Å². The van der Waals surface area contributed by atoms with Crippen LogP contribution < -0.4 is 10.6 Å². The van der Waals surface area contributed by atoms with E-state index in [4.69, 9.17) is 9.73 Å². The van der Waals surface area contributed by atoms with Gasteiger partial charge in [-0.1, -0.05) is 43.2 Å². The lowest BCUT2D eigenvalue weighted by Gasteiger charge is -2.32. The SMILES string of the molecule is CCNC(=NCC1CCCOC1c1ccc(C)cc1)NC1CCCC(S(=O)CC)C1.I. The average Bonchev–Trinajstić information content (AvgIpc) is 2.78. The Balaban J connectivity index is 0.00000341. The van der Waals surface area contributed by atoms with E-state index >= 15 is 0 Å². The van der Waals surface area contributed by atoms with Crippen LogP contribution >= 0.6 is 24.0 Å². The highest BCUT2D eigenvalue weighted by Gasteiger charge is 2.28. The number of rotatable bonds is 7. The Labute approximate surface area is 208 Å². The molecule has 0 bridgehead atoms. The Morgan fingerprint density at radius 3 is 2.65 bits per heavy atom. The molecule has 176 valence electrons. The second-order valence-electron chi connectivity index (χ2n) is 8.62. The largest absolute Gasteiger partial charge is 0.373 e. The third-order valence-electron chi connectivity index (χ3n) is 6.30. The molecule has 5 unspecified atom stereocenters. The van der Waals surface area contributed by atoms with Gasteiger partial charge in [-0.3, -0.25) is 9.20 Å². The zero-order chi connectivity index (χ0) is 21.3. The number of hydrogen-bond donors (Lipinski definition) is 2. The lowest BCUT2D eigenvalue weighted by Crippen LogP contribution is -2.47. The zero-order valence-corrected chi connectivity index (χ0v) is 22.4. The standard InChI is InChI=1S/C24H39N3O2S.HI/c1-4-25-24(27-21-9-6-10-22(16-21)30(28)5-2)26-17-20-8-7-15-29-23(20)19-13-11-18(3)12-14-19;/h11-14,20-23H,4-10,15-17H2,1-3H3,(H2,25,26,27);1H. The highest BCUT2D eigenvalue weighted by molar-refractivity contribution is 14.0. The monoisotopic (exact) mass is 561 g/mol. The van der Waals surface area contributed by atoms with Crippen LogP contribution in [0.3, 0.4) is 0 Å². The first-order chi connectivity index (χ1) is 14.6. The fraction of sp³-hybridized carbons (Fsp3) is 0.708. The quantitative estimate of drug-likeness (QED) is 0.288. The number of aryl methyl sites for hydroxylation is 1. The van der Waals surface area contributed by atoms with Gasteiger partial charge in [0.25, 0.3) is 0 Å². The molecule has 1 aromatic carbocycles. The van der Waals surface area contributed by atoms with Crippen molar-refractivity contribution in [1.29, 1.82) is 0 Å². The van der Waals surface area contributed by atoms with Crippen molar-refractivity contribution >= 4 is 40.7 Å². The summed E-state index contributed by atoms with van der Waals surface area (Å²) in [5.41, 5.74) is 2.54. The first-order valence-electron chi connectivity index (χ1n) is 11.7. The van der Waals surface area contributed by atoms with Crippen molar-refractivity contribution in [3.05, 3.63) is 35.4 Å². The van der Waals surface area contributed by atoms with E-state index in [9.17, 15) is 4.21 Å². The summed E-state index contributed by atoms with van der Waals surface area (Å²) in [6.45, 7) is 8.67. The van der Waals surface area contributed by atoms with E-state index in [1.165, 1.54) is 11.1 Å². The van der Waals surface area contributed by atoms with Gasteiger partial charge in [-0.05, 0) is 51.5 Å². The van der Waals surface area contributed by atoms with Crippen molar-refractivity contribution in [2.75, 3.05) is 25.4 Å². The van der Waals surface area contributed by atoms with Gasteiger partial charge in [0.1, 0.15) is 0 Å². The lowest BCUT2D eigenvalue weighted by molar-refractivity contribution is -0.0250. The molecule has 3 rings (SSSR count). The van der Waals surface area contributed by atoms with Crippen molar-refractivity contribution in [2.45, 2.75) is 76.7 Å². The van der Waals surface area contributed by atoms with E-state index in [1.54, 1.807) is 0 Å². The van der Waals surface area contributed by atoms with Crippen molar-refractivity contribution < 1.29 is 8.95 Å². The van der Waals surface area contributed by atoms with Crippen molar-refractivity contribution in [1.82, 2.24) is 10.6 Å². The molecule has 0 radical (unpaired) electrons. The number of aliphatic imine (C=N–C) groups is 1. The van der Waals surface area contributed by atoms with Crippen LogP contribution in [0.5, 0.6) is 0 Å². The second-order valence-corrected chi connectivity index (χ2v) is 10.6. The van der Waals surface area contributed by atoms with Crippen LogP contribution in [0, 0.1) is 12.8 Å². The van der Waals surface area contributed by atoms with Crippen LogP contribution in [0.25, 0.3) is 0 Å². The lowest BCUT2D eigenvalue weighted by atomic mass is 9.89. The summed E-state index contributed by atoms with van der Waals surface area (Å²) < 4.78 is 18.4. The van der Waals surface area contributed by atoms with Gasteiger partial charge in [0.05, 0.1) is 6.10 Å². The molecule has 2 fully saturated rings. The van der Waals surface area contributed by atoms with Crippen molar-refractivity contribution in [2.24, 2.45) is 10.9 Å². The summed E-state index contributed by atoms with van der Waals surface area (Å²) in [5, 5.41) is 7.36. The molecular formula is C24H40IN3O2S. The van der Waals surface area contributed by atoms with E-state index in [1.807, 2.05) is 6.92 Å². The molecule has 1 aliphatic heterocycles. The fourth-order valence-electron chi connectivity index (χ4n) is 4.63. The predicted molar refractivity (Wildman–Crippen MR) is 142 cm³/mol. The minimum absolute atomic E-state index is 0. The van der Waals surface area contributed by atoms with Gasteiger partial charge in [0.15, 0.2) is 5.96 Å². The molecule has 5 atom stereocenters. The number of benzene rings is 1. The molecule has 31 heavy (non-hydrogen) atoms. The van der Waals surface area contributed by atoms with Crippen LogP contribution in [0.1, 0.15) is 69.6 Å². The maximum Gasteiger partial charge on any atom is 0.191 e. The summed E-state index contributed by atoms with van der Waals surface area (Å²) in [4.78, 5) is 4.95. The predicted octanol–water partition coefficient (Wildman–Crippen LogP) is 4.72. The Bertz CT molecular complexity index is 713. The number of guanidine groups is 1. The smallest absolute Gasteiger partial charge is 0.191 e. The number of hydrogen-bond acceptors (Lipinski definition) is 3. The minimum atomic E-state index is -0.705. The Kier molecular flexibility index (Phi) is 11.8. The van der Waals surface area contributed by atoms with Crippen LogP contribution in [0.4, 0.5) is 0 Å². The molecule has 1 saturated heterocycles. The van der Waals surface area contributed by atoms with E-state index < -0.39 is 10.8 Å². The van der Waals surface area contributed by atoms with E-state index in [2.05, 4.69) is 48.7 Å². The molecule has 2 N–H and O–H groups in total. The van der Waals surface area contributed by atoms with Crippen LogP contribution in [0.2, 0.25) is 0 Å². The minimum Gasteiger partial charge on any atom is -0.373 e. The van der Waals surface area contributed by atoms with Crippen LogP contribution in [0.15, 0.2) is 29.3 Å². The first kappa shape index (κ1) is 26.6. The highest BCUT2D eigenvalue weighted by atomic mass is 127. The van der Waals surface area contributed by atoms with E-state index in [0.717, 1.165) is 69.9 Å². The Hall–Kier alpha value is -0.670. The fourth-order valence-corrected chi connectivity index (χ4v) is 5.98. The molecule has 5 nitrogen and oxygen atoms in total. The van der Waals surface area contributed by atoms with Gasteiger partial charge < -0.3 is 15.4 Å². The van der Waals surface area contributed by atoms with Gasteiger partial charge in [0.2, 0.25) is 0 Å². The first-order valence-corrected chi connectivity index (χ1v) is 13.1. The second kappa shape index (κ2) is 13.8. The van der Waals surface area contributed by atoms with E-state index in [-0.39, 0.29) is 30.1 Å². The normalized spacial score (nSPS) is 27.8. The molecule has 0 amide bonds. The Morgan fingerprint density at radius 2 is 1.94 bits per heavy atom. The average molecular weight is 562 g/mol. The molecule has 1 heterocycles. The third-order valence-corrected chi connectivity index (χ3v) is 8.04. The summed E-state index contributed by atoms with van der Waals surface area (Å²) >= 11 is 0. The topological polar surface area (TPSA) is 62.7 Å². The molecule has 1 aliphatic carbocycles. The Morgan fingerprint density at radius 1 is 1.16 bits per heavy atom. The maximum absolute atomic E-state index is 12.3. The molecule has 7 heteroatoms. The molecule has 0 spiro atoms. The van der Waals surface area contributed by atoms with Crippen molar-refractivity contribution in [3.8, 4) is 0 Å².